The predicted octanol–water partition coefficient (Wildman–Crippen LogP) is 2.12. The molecule has 8 heteroatoms. The zero-order valence-corrected chi connectivity index (χ0v) is 16.7. The first-order chi connectivity index (χ1) is 12.8. The second-order valence-corrected chi connectivity index (χ2v) is 9.49. The van der Waals surface area contributed by atoms with E-state index >= 15 is 0 Å². The number of nitrogens with one attached hydrogen (secondary N) is 1. The molecule has 1 aromatic carbocycles. The summed E-state index contributed by atoms with van der Waals surface area (Å²) in [6.45, 7) is 4.97. The minimum Gasteiger partial charge on any atom is -0.326 e. The number of hydrogen-bond donors (Lipinski definition) is 1. The van der Waals surface area contributed by atoms with Crippen LogP contribution in [0.4, 0.5) is 11.4 Å². The van der Waals surface area contributed by atoms with Crippen molar-refractivity contribution in [3.05, 3.63) is 23.8 Å². The van der Waals surface area contributed by atoms with Gasteiger partial charge in [0.25, 0.3) is 0 Å². The molecule has 27 heavy (non-hydrogen) atoms. The number of aryl methyl sites for hydroxylation is 1. The minimum absolute atomic E-state index is 0.0481. The third kappa shape index (κ3) is 4.32. The highest BCUT2D eigenvalue weighted by atomic mass is 32.2. The standard InChI is InChI=1S/C19H27N3O4S/c1-3-27(25,26)21-10-4-6-15(13-21)19(24)20-16-9-8-14(2)17(12-16)22-11-5-7-18(22)23/h8-9,12,15H,3-7,10-11,13H2,1-2H3,(H,20,24)/t15-/m1/s1. The molecule has 2 saturated heterocycles. The predicted molar refractivity (Wildman–Crippen MR) is 105 cm³/mol. The number of sulfonamides is 1. The Morgan fingerprint density at radius 1 is 1.26 bits per heavy atom. The highest BCUT2D eigenvalue weighted by molar-refractivity contribution is 7.89. The molecule has 7 nitrogen and oxygen atoms in total. The number of piperidine rings is 1. The van der Waals surface area contributed by atoms with Crippen LogP contribution >= 0.6 is 0 Å². The van der Waals surface area contributed by atoms with E-state index in [1.807, 2.05) is 25.1 Å². The zero-order chi connectivity index (χ0) is 19.6. The largest absolute Gasteiger partial charge is 0.326 e. The van der Waals surface area contributed by atoms with Gasteiger partial charge in [0, 0.05) is 37.4 Å². The Morgan fingerprint density at radius 3 is 2.70 bits per heavy atom. The van der Waals surface area contributed by atoms with Gasteiger partial charge < -0.3 is 10.2 Å². The van der Waals surface area contributed by atoms with Gasteiger partial charge in [-0.1, -0.05) is 6.07 Å². The summed E-state index contributed by atoms with van der Waals surface area (Å²) < 4.78 is 25.6. The van der Waals surface area contributed by atoms with E-state index in [0.717, 1.165) is 17.7 Å². The van der Waals surface area contributed by atoms with Gasteiger partial charge in [0.2, 0.25) is 21.8 Å². The van der Waals surface area contributed by atoms with Gasteiger partial charge in [0.05, 0.1) is 11.7 Å². The van der Waals surface area contributed by atoms with Crippen molar-refractivity contribution in [1.82, 2.24) is 4.31 Å². The summed E-state index contributed by atoms with van der Waals surface area (Å²) in [5, 5.41) is 2.91. The molecule has 2 amide bonds. The van der Waals surface area contributed by atoms with Gasteiger partial charge >= 0.3 is 0 Å². The number of carbonyl (C=O) groups excluding carboxylic acids is 2. The maximum Gasteiger partial charge on any atom is 0.228 e. The number of hydrogen-bond acceptors (Lipinski definition) is 4. The van der Waals surface area contributed by atoms with Crippen molar-refractivity contribution in [3.63, 3.8) is 0 Å². The molecule has 1 aromatic rings. The summed E-state index contributed by atoms with van der Waals surface area (Å²) in [7, 11) is -3.28. The van der Waals surface area contributed by atoms with Crippen molar-refractivity contribution in [2.24, 2.45) is 5.92 Å². The van der Waals surface area contributed by atoms with Gasteiger partial charge in [-0.05, 0) is 50.8 Å². The number of rotatable bonds is 5. The number of anilines is 2. The molecule has 0 bridgehead atoms. The monoisotopic (exact) mass is 393 g/mol. The molecular formula is C19H27N3O4S. The van der Waals surface area contributed by atoms with Crippen LogP contribution in [0.25, 0.3) is 0 Å². The first-order valence-electron chi connectivity index (χ1n) is 9.51. The van der Waals surface area contributed by atoms with E-state index in [1.54, 1.807) is 11.8 Å². The molecule has 0 aliphatic carbocycles. The second-order valence-electron chi connectivity index (χ2n) is 7.24. The normalized spacial score (nSPS) is 21.5. The lowest BCUT2D eigenvalue weighted by molar-refractivity contribution is -0.121. The Balaban J connectivity index is 1.71. The molecule has 0 spiro atoms. The van der Waals surface area contributed by atoms with E-state index in [4.69, 9.17) is 0 Å². The lowest BCUT2D eigenvalue weighted by Gasteiger charge is -2.31. The van der Waals surface area contributed by atoms with Crippen LogP contribution in [0.3, 0.4) is 0 Å². The van der Waals surface area contributed by atoms with Crippen LogP contribution in [-0.4, -0.2) is 49.9 Å². The molecule has 3 rings (SSSR count). The molecule has 0 aromatic heterocycles. The Labute approximate surface area is 160 Å². The first-order valence-corrected chi connectivity index (χ1v) is 11.1. The molecule has 1 atom stereocenters. The third-order valence-corrected chi connectivity index (χ3v) is 7.20. The molecule has 0 unspecified atom stereocenters. The van der Waals surface area contributed by atoms with Crippen LogP contribution in [0.15, 0.2) is 18.2 Å². The topological polar surface area (TPSA) is 86.8 Å². The van der Waals surface area contributed by atoms with Gasteiger partial charge in [-0.15, -0.1) is 0 Å². The lowest BCUT2D eigenvalue weighted by atomic mass is 9.98. The van der Waals surface area contributed by atoms with Crippen molar-refractivity contribution in [3.8, 4) is 0 Å². The van der Waals surface area contributed by atoms with Gasteiger partial charge in [-0.2, -0.15) is 0 Å². The summed E-state index contributed by atoms with van der Waals surface area (Å²) >= 11 is 0. The Hall–Kier alpha value is -1.93. The molecule has 0 saturated carbocycles. The number of amides is 2. The molecular weight excluding hydrogens is 366 g/mol. The summed E-state index contributed by atoms with van der Waals surface area (Å²) in [6, 6.07) is 5.55. The zero-order valence-electron chi connectivity index (χ0n) is 15.9. The van der Waals surface area contributed by atoms with Crippen molar-refractivity contribution >= 4 is 33.2 Å². The smallest absolute Gasteiger partial charge is 0.228 e. The molecule has 2 heterocycles. The van der Waals surface area contributed by atoms with Gasteiger partial charge in [-0.3, -0.25) is 9.59 Å². The fourth-order valence-corrected chi connectivity index (χ4v) is 4.90. The van der Waals surface area contributed by atoms with Gasteiger partial charge in [0.15, 0.2) is 0 Å². The van der Waals surface area contributed by atoms with Crippen molar-refractivity contribution in [1.29, 1.82) is 0 Å². The molecule has 148 valence electrons. The lowest BCUT2D eigenvalue weighted by Crippen LogP contribution is -2.44. The van der Waals surface area contributed by atoms with E-state index in [2.05, 4.69) is 5.32 Å². The molecule has 2 aliphatic rings. The van der Waals surface area contributed by atoms with Crippen LogP contribution < -0.4 is 10.2 Å². The first kappa shape index (κ1) is 19.8. The third-order valence-electron chi connectivity index (χ3n) is 5.35. The summed E-state index contributed by atoms with van der Waals surface area (Å²) in [5.74, 6) is -0.381. The Bertz CT molecular complexity index is 837. The molecule has 1 N–H and O–H groups in total. The van der Waals surface area contributed by atoms with Crippen molar-refractivity contribution in [2.75, 3.05) is 35.6 Å². The SMILES string of the molecule is CCS(=O)(=O)N1CCC[C@@H](C(=O)Nc2ccc(C)c(N3CCCC3=O)c2)C1. The van der Waals surface area contributed by atoms with Crippen LogP contribution in [0, 0.1) is 12.8 Å². The second kappa shape index (κ2) is 7.98. The average molecular weight is 394 g/mol. The van der Waals surface area contributed by atoms with Crippen LogP contribution in [-0.2, 0) is 19.6 Å². The maximum absolute atomic E-state index is 12.7. The van der Waals surface area contributed by atoms with Crippen LogP contribution in [0.1, 0.15) is 38.2 Å². The fraction of sp³-hybridized carbons (Fsp3) is 0.579. The Kier molecular flexibility index (Phi) is 5.86. The number of carbonyl (C=O) groups is 2. The van der Waals surface area contributed by atoms with E-state index in [-0.39, 0.29) is 30.0 Å². The number of benzene rings is 1. The summed E-state index contributed by atoms with van der Waals surface area (Å²) in [4.78, 5) is 26.5. The minimum atomic E-state index is -3.28. The van der Waals surface area contributed by atoms with Gasteiger partial charge in [-0.25, -0.2) is 12.7 Å². The van der Waals surface area contributed by atoms with E-state index in [0.29, 0.717) is 38.0 Å². The van der Waals surface area contributed by atoms with Crippen molar-refractivity contribution in [2.45, 2.75) is 39.5 Å². The maximum atomic E-state index is 12.7. The van der Waals surface area contributed by atoms with Crippen LogP contribution in [0.5, 0.6) is 0 Å². The molecule has 2 aliphatic heterocycles. The van der Waals surface area contributed by atoms with E-state index in [9.17, 15) is 18.0 Å². The quantitative estimate of drug-likeness (QED) is 0.830. The fourth-order valence-electron chi connectivity index (χ4n) is 3.72. The van der Waals surface area contributed by atoms with Gasteiger partial charge in [0.1, 0.15) is 0 Å². The molecule has 0 radical (unpaired) electrons. The summed E-state index contributed by atoms with van der Waals surface area (Å²) in [6.07, 6.45) is 2.75. The highest BCUT2D eigenvalue weighted by Gasteiger charge is 2.31. The number of nitrogens with zero attached hydrogens (tertiary/aromatic N) is 2. The van der Waals surface area contributed by atoms with E-state index < -0.39 is 10.0 Å². The van der Waals surface area contributed by atoms with Crippen molar-refractivity contribution < 1.29 is 18.0 Å². The average Bonchev–Trinajstić information content (AvgIpc) is 3.09. The summed E-state index contributed by atoms with van der Waals surface area (Å²) in [5.41, 5.74) is 2.45. The molecule has 2 fully saturated rings. The highest BCUT2D eigenvalue weighted by Crippen LogP contribution is 2.29. The van der Waals surface area contributed by atoms with Crippen LogP contribution in [0.2, 0.25) is 0 Å². The van der Waals surface area contributed by atoms with E-state index in [1.165, 1.54) is 4.31 Å². The Morgan fingerprint density at radius 2 is 2.04 bits per heavy atom.